The van der Waals surface area contributed by atoms with Gasteiger partial charge in [-0.2, -0.15) is 0 Å². The standard InChI is InChI=1S/C30H50O/c1-19(2)20-11-14-27(5)17-18-29(7)21(25(20)27)9-10-23-28(6)15-13-24(31)26(3,4)22(28)12-16-30(23,29)8/h19-23,25H,9-18H2,1-8H3/t20-,21?,22?,23?,25?,27-,28-,29-,30-/m1/s1. The lowest BCUT2D eigenvalue weighted by molar-refractivity contribution is -0.234. The summed E-state index contributed by atoms with van der Waals surface area (Å²) in [5.74, 6) is 5.56. The molecule has 0 N–H and O–H groups in total. The molecule has 5 aliphatic rings. The summed E-state index contributed by atoms with van der Waals surface area (Å²) in [6.07, 6.45) is 13.3. The van der Waals surface area contributed by atoms with Gasteiger partial charge in [-0.15, -0.1) is 0 Å². The third-order valence-corrected chi connectivity index (χ3v) is 13.5. The predicted molar refractivity (Wildman–Crippen MR) is 130 cm³/mol. The Morgan fingerprint density at radius 3 is 2.13 bits per heavy atom. The van der Waals surface area contributed by atoms with Crippen molar-refractivity contribution in [2.24, 2.45) is 62.6 Å². The molecule has 1 nitrogen and oxygen atoms in total. The Balaban J connectivity index is 1.54. The Morgan fingerprint density at radius 2 is 1.45 bits per heavy atom. The Morgan fingerprint density at radius 1 is 0.742 bits per heavy atom. The van der Waals surface area contributed by atoms with Crippen molar-refractivity contribution in [3.05, 3.63) is 0 Å². The van der Waals surface area contributed by atoms with Crippen LogP contribution in [0, 0.1) is 62.6 Å². The Bertz CT molecular complexity index is 764. The predicted octanol–water partition coefficient (Wildman–Crippen LogP) is 8.31. The lowest BCUT2D eigenvalue weighted by Crippen LogP contribution is -2.66. The molecule has 5 saturated carbocycles. The van der Waals surface area contributed by atoms with Crippen molar-refractivity contribution < 1.29 is 4.79 Å². The molecule has 5 rings (SSSR count). The summed E-state index contributed by atoms with van der Waals surface area (Å²) in [6.45, 7) is 20.3. The first-order valence-corrected chi connectivity index (χ1v) is 13.8. The number of carbonyl (C=O) groups excluding carboxylic acids is 1. The molecule has 0 radical (unpaired) electrons. The number of rotatable bonds is 1. The Kier molecular flexibility index (Phi) is 4.80. The van der Waals surface area contributed by atoms with Crippen LogP contribution >= 0.6 is 0 Å². The number of hydrogen-bond donors (Lipinski definition) is 0. The van der Waals surface area contributed by atoms with Crippen LogP contribution in [-0.4, -0.2) is 5.78 Å². The Hall–Kier alpha value is -0.330. The molecule has 31 heavy (non-hydrogen) atoms. The van der Waals surface area contributed by atoms with Crippen LogP contribution in [0.5, 0.6) is 0 Å². The number of fused-ring (bicyclic) bond motifs is 7. The van der Waals surface area contributed by atoms with Crippen LogP contribution in [0.4, 0.5) is 0 Å². The van der Waals surface area contributed by atoms with Gasteiger partial charge < -0.3 is 0 Å². The normalized spacial score (nSPS) is 55.9. The summed E-state index contributed by atoms with van der Waals surface area (Å²) in [7, 11) is 0. The molecule has 0 spiro atoms. The van der Waals surface area contributed by atoms with Crippen molar-refractivity contribution in [2.75, 3.05) is 0 Å². The topological polar surface area (TPSA) is 17.1 Å². The molecule has 9 atom stereocenters. The summed E-state index contributed by atoms with van der Waals surface area (Å²) in [5.41, 5.74) is 1.76. The average molecular weight is 427 g/mol. The van der Waals surface area contributed by atoms with Gasteiger partial charge >= 0.3 is 0 Å². The fourth-order valence-electron chi connectivity index (χ4n) is 11.5. The first kappa shape index (κ1) is 22.5. The second-order valence-corrected chi connectivity index (χ2v) is 14.9. The van der Waals surface area contributed by atoms with Crippen LogP contribution in [-0.2, 0) is 4.79 Å². The highest BCUT2D eigenvalue weighted by Gasteiger charge is 2.70. The van der Waals surface area contributed by atoms with Crippen molar-refractivity contribution in [3.63, 3.8) is 0 Å². The van der Waals surface area contributed by atoms with E-state index in [0.29, 0.717) is 33.4 Å². The fraction of sp³-hybridized carbons (Fsp3) is 0.967. The van der Waals surface area contributed by atoms with E-state index in [1.807, 2.05) is 0 Å². The van der Waals surface area contributed by atoms with Gasteiger partial charge in [-0.3, -0.25) is 4.79 Å². The second-order valence-electron chi connectivity index (χ2n) is 14.9. The summed E-state index contributed by atoms with van der Waals surface area (Å²) < 4.78 is 0. The zero-order valence-electron chi connectivity index (χ0n) is 21.9. The molecule has 0 saturated heterocycles. The third-order valence-electron chi connectivity index (χ3n) is 13.5. The maximum absolute atomic E-state index is 12.9. The summed E-state index contributed by atoms with van der Waals surface area (Å²) in [6, 6.07) is 0. The molecule has 0 amide bonds. The van der Waals surface area contributed by atoms with Crippen LogP contribution in [0.25, 0.3) is 0 Å². The van der Waals surface area contributed by atoms with Crippen molar-refractivity contribution >= 4 is 5.78 Å². The molecule has 0 aromatic carbocycles. The lowest BCUT2D eigenvalue weighted by atomic mass is 9.32. The van der Waals surface area contributed by atoms with Crippen LogP contribution in [0.3, 0.4) is 0 Å². The molecule has 0 aliphatic heterocycles. The quantitative estimate of drug-likeness (QED) is 0.412. The maximum atomic E-state index is 12.9. The van der Waals surface area contributed by atoms with Gasteiger partial charge in [0.15, 0.2) is 0 Å². The number of Topliss-reactive ketones (excluding diaryl/α,β-unsaturated/α-hetero) is 1. The van der Waals surface area contributed by atoms with E-state index < -0.39 is 0 Å². The Labute approximate surface area is 192 Å². The van der Waals surface area contributed by atoms with Crippen molar-refractivity contribution in [3.8, 4) is 0 Å². The van der Waals surface area contributed by atoms with Gasteiger partial charge in [-0.1, -0.05) is 55.4 Å². The molecule has 5 fully saturated rings. The molecule has 0 heterocycles. The lowest BCUT2D eigenvalue weighted by Gasteiger charge is -2.72. The van der Waals surface area contributed by atoms with Crippen molar-refractivity contribution in [1.29, 1.82) is 0 Å². The van der Waals surface area contributed by atoms with Gasteiger partial charge in [0, 0.05) is 11.8 Å². The zero-order valence-corrected chi connectivity index (χ0v) is 21.9. The van der Waals surface area contributed by atoms with Gasteiger partial charge in [-0.25, -0.2) is 0 Å². The summed E-state index contributed by atoms with van der Waals surface area (Å²) in [5, 5.41) is 0. The smallest absolute Gasteiger partial charge is 0.138 e. The molecule has 0 aromatic rings. The number of hydrogen-bond acceptors (Lipinski definition) is 1. The van der Waals surface area contributed by atoms with E-state index in [0.717, 1.165) is 42.4 Å². The minimum atomic E-state index is -0.120. The van der Waals surface area contributed by atoms with Gasteiger partial charge in [0.1, 0.15) is 5.78 Å². The first-order valence-electron chi connectivity index (χ1n) is 13.8. The minimum Gasteiger partial charge on any atom is -0.299 e. The highest BCUT2D eigenvalue weighted by Crippen LogP contribution is 2.77. The number of carbonyl (C=O) groups is 1. The van der Waals surface area contributed by atoms with Crippen molar-refractivity contribution in [2.45, 2.75) is 120 Å². The maximum Gasteiger partial charge on any atom is 0.138 e. The average Bonchev–Trinajstić information content (AvgIpc) is 3.04. The van der Waals surface area contributed by atoms with Crippen LogP contribution < -0.4 is 0 Å². The molecule has 0 bridgehead atoms. The van der Waals surface area contributed by atoms with Gasteiger partial charge in [0.2, 0.25) is 0 Å². The third kappa shape index (κ3) is 2.65. The highest BCUT2D eigenvalue weighted by molar-refractivity contribution is 5.85. The molecule has 176 valence electrons. The van der Waals surface area contributed by atoms with Gasteiger partial charge in [0.05, 0.1) is 0 Å². The molecule has 0 aromatic heterocycles. The zero-order chi connectivity index (χ0) is 22.6. The van der Waals surface area contributed by atoms with E-state index in [9.17, 15) is 4.79 Å². The summed E-state index contributed by atoms with van der Waals surface area (Å²) >= 11 is 0. The number of ketones is 1. The molecular formula is C30H50O. The monoisotopic (exact) mass is 426 g/mol. The van der Waals surface area contributed by atoms with Crippen molar-refractivity contribution in [1.82, 2.24) is 0 Å². The van der Waals surface area contributed by atoms with Crippen LogP contribution in [0.15, 0.2) is 0 Å². The van der Waals surface area contributed by atoms with E-state index in [4.69, 9.17) is 0 Å². The SMILES string of the molecule is CC(C)[C@H]1CC[C@]2(C)CC[C@]3(C)C(CCC4[C@]5(C)CCC(=O)C(C)(C)C5CC[C@]43C)C12. The van der Waals surface area contributed by atoms with E-state index in [2.05, 4.69) is 55.4 Å². The van der Waals surface area contributed by atoms with E-state index >= 15 is 0 Å². The van der Waals surface area contributed by atoms with Crippen LogP contribution in [0.1, 0.15) is 120 Å². The molecule has 4 unspecified atom stereocenters. The highest BCUT2D eigenvalue weighted by atomic mass is 16.1. The molecule has 5 aliphatic carbocycles. The summed E-state index contributed by atoms with van der Waals surface area (Å²) in [4.78, 5) is 12.9. The van der Waals surface area contributed by atoms with Crippen LogP contribution in [0.2, 0.25) is 0 Å². The minimum absolute atomic E-state index is 0.120. The van der Waals surface area contributed by atoms with Gasteiger partial charge in [0.25, 0.3) is 0 Å². The van der Waals surface area contributed by atoms with Gasteiger partial charge in [-0.05, 0) is 115 Å². The van der Waals surface area contributed by atoms with E-state index in [1.54, 1.807) is 0 Å². The molecular weight excluding hydrogens is 376 g/mol. The fourth-order valence-corrected chi connectivity index (χ4v) is 11.5. The van der Waals surface area contributed by atoms with E-state index in [-0.39, 0.29) is 5.41 Å². The first-order chi connectivity index (χ1) is 14.3. The second kappa shape index (κ2) is 6.63. The van der Waals surface area contributed by atoms with E-state index in [1.165, 1.54) is 51.4 Å². The largest absolute Gasteiger partial charge is 0.299 e. The molecule has 1 heteroatoms.